The molecule has 0 fully saturated rings. The van der Waals surface area contributed by atoms with Crippen molar-refractivity contribution >= 4 is 23.6 Å². The lowest BCUT2D eigenvalue weighted by Crippen LogP contribution is -2.42. The number of hydrogen-bond acceptors (Lipinski definition) is 7. The van der Waals surface area contributed by atoms with Gasteiger partial charge in [-0.25, -0.2) is 4.68 Å². The summed E-state index contributed by atoms with van der Waals surface area (Å²) in [7, 11) is 0. The standard InChI is InChI=1S/C22H26N6O3S/c1-22(2,3)16-9-11-17(12-10-16)31-13-18-24-27-21(28(18)23)32-14-19(29)25-26-20(30)15-7-5-4-6-8-15/h4-12H,13-14,23H2,1-3H3,(H,25,29)(H,26,30). The molecule has 2 amide bonds. The topological polar surface area (TPSA) is 124 Å². The van der Waals surface area contributed by atoms with Crippen LogP contribution < -0.4 is 21.4 Å². The second-order valence-corrected chi connectivity index (χ2v) is 8.93. The van der Waals surface area contributed by atoms with Crippen LogP contribution in [0.2, 0.25) is 0 Å². The van der Waals surface area contributed by atoms with Crippen LogP contribution in [0.5, 0.6) is 5.75 Å². The van der Waals surface area contributed by atoms with Gasteiger partial charge in [0.05, 0.1) is 5.75 Å². The zero-order valence-corrected chi connectivity index (χ0v) is 19.0. The minimum absolute atomic E-state index is 0.000471. The molecule has 0 aliphatic heterocycles. The second kappa shape index (κ2) is 10.2. The normalized spacial score (nSPS) is 11.1. The lowest BCUT2D eigenvalue weighted by molar-refractivity contribution is -0.119. The maximum Gasteiger partial charge on any atom is 0.269 e. The Hall–Kier alpha value is -3.53. The SMILES string of the molecule is CC(C)(C)c1ccc(OCc2nnc(SCC(=O)NNC(=O)c3ccccc3)n2N)cc1. The van der Waals surface area contributed by atoms with Gasteiger partial charge in [0.2, 0.25) is 11.1 Å². The molecule has 0 radical (unpaired) electrons. The van der Waals surface area contributed by atoms with Crippen LogP contribution in [0.3, 0.4) is 0 Å². The van der Waals surface area contributed by atoms with Gasteiger partial charge >= 0.3 is 0 Å². The fourth-order valence-electron chi connectivity index (χ4n) is 2.66. The molecule has 0 unspecified atom stereocenters. The summed E-state index contributed by atoms with van der Waals surface area (Å²) in [6.07, 6.45) is 0. The monoisotopic (exact) mass is 454 g/mol. The van der Waals surface area contributed by atoms with Gasteiger partial charge in [-0.1, -0.05) is 62.9 Å². The summed E-state index contributed by atoms with van der Waals surface area (Å²) in [4.78, 5) is 24.0. The first-order valence-electron chi connectivity index (χ1n) is 9.94. The van der Waals surface area contributed by atoms with Crippen molar-refractivity contribution in [3.05, 3.63) is 71.5 Å². The van der Waals surface area contributed by atoms with E-state index in [1.54, 1.807) is 30.3 Å². The van der Waals surface area contributed by atoms with E-state index in [9.17, 15) is 9.59 Å². The molecule has 10 heteroatoms. The maximum absolute atomic E-state index is 12.0. The molecule has 2 aromatic carbocycles. The summed E-state index contributed by atoms with van der Waals surface area (Å²) < 4.78 is 7.03. The van der Waals surface area contributed by atoms with Gasteiger partial charge in [-0.2, -0.15) is 0 Å². The molecule has 3 rings (SSSR count). The third-order valence-corrected chi connectivity index (χ3v) is 5.45. The predicted molar refractivity (Wildman–Crippen MR) is 122 cm³/mol. The molecule has 168 valence electrons. The number of amides is 2. The van der Waals surface area contributed by atoms with Crippen molar-refractivity contribution in [1.29, 1.82) is 0 Å². The summed E-state index contributed by atoms with van der Waals surface area (Å²) in [6, 6.07) is 16.4. The number of hydrogen-bond donors (Lipinski definition) is 3. The number of nitrogen functional groups attached to an aromatic ring is 1. The van der Waals surface area contributed by atoms with Gasteiger partial charge in [0.15, 0.2) is 5.82 Å². The first-order chi connectivity index (χ1) is 15.2. The first kappa shape index (κ1) is 23.1. The van der Waals surface area contributed by atoms with E-state index in [1.807, 2.05) is 24.3 Å². The highest BCUT2D eigenvalue weighted by atomic mass is 32.2. The molecule has 9 nitrogen and oxygen atoms in total. The summed E-state index contributed by atoms with van der Waals surface area (Å²) in [5, 5.41) is 8.37. The summed E-state index contributed by atoms with van der Waals surface area (Å²) in [5.74, 6) is 6.34. The number of nitrogens with zero attached hydrogens (tertiary/aromatic N) is 3. The van der Waals surface area contributed by atoms with Crippen LogP contribution >= 0.6 is 11.8 Å². The van der Waals surface area contributed by atoms with Crippen LogP contribution in [0, 0.1) is 0 Å². The van der Waals surface area contributed by atoms with E-state index in [-0.39, 0.29) is 17.8 Å². The van der Waals surface area contributed by atoms with Crippen molar-refractivity contribution in [2.75, 3.05) is 11.6 Å². The van der Waals surface area contributed by atoms with E-state index in [4.69, 9.17) is 10.6 Å². The molecule has 1 aromatic heterocycles. The Morgan fingerprint density at radius 3 is 2.38 bits per heavy atom. The zero-order chi connectivity index (χ0) is 23.1. The molecule has 0 atom stereocenters. The van der Waals surface area contributed by atoms with Gasteiger partial charge in [0.25, 0.3) is 5.91 Å². The Kier molecular flexibility index (Phi) is 7.37. The van der Waals surface area contributed by atoms with Crippen LogP contribution in [0.1, 0.15) is 42.5 Å². The van der Waals surface area contributed by atoms with Gasteiger partial charge in [-0.15, -0.1) is 10.2 Å². The molecule has 3 aromatic rings. The lowest BCUT2D eigenvalue weighted by Gasteiger charge is -2.19. The van der Waals surface area contributed by atoms with Gasteiger partial charge in [0, 0.05) is 5.56 Å². The molecule has 0 aliphatic carbocycles. The third kappa shape index (κ3) is 6.24. The molecule has 1 heterocycles. The van der Waals surface area contributed by atoms with E-state index in [1.165, 1.54) is 10.2 Å². The minimum atomic E-state index is -0.404. The number of aromatic nitrogens is 3. The number of carbonyl (C=O) groups is 2. The van der Waals surface area contributed by atoms with Crippen LogP contribution in [0.25, 0.3) is 0 Å². The molecule has 32 heavy (non-hydrogen) atoms. The number of benzene rings is 2. The highest BCUT2D eigenvalue weighted by Crippen LogP contribution is 2.24. The van der Waals surface area contributed by atoms with Crippen molar-refractivity contribution < 1.29 is 14.3 Å². The average molecular weight is 455 g/mol. The number of rotatable bonds is 7. The molecule has 4 N–H and O–H groups in total. The number of ether oxygens (including phenoxy) is 1. The number of nitrogens with two attached hydrogens (primary N) is 1. The molecular weight excluding hydrogens is 428 g/mol. The quantitative estimate of drug-likeness (QED) is 0.284. The fraction of sp³-hybridized carbons (Fsp3) is 0.273. The molecule has 0 spiro atoms. The predicted octanol–water partition coefficient (Wildman–Crippen LogP) is 2.42. The largest absolute Gasteiger partial charge is 0.486 e. The minimum Gasteiger partial charge on any atom is -0.486 e. The Bertz CT molecular complexity index is 1060. The summed E-state index contributed by atoms with van der Waals surface area (Å²) in [6.45, 7) is 6.58. The third-order valence-electron chi connectivity index (χ3n) is 4.51. The van der Waals surface area contributed by atoms with Gasteiger partial charge in [-0.3, -0.25) is 20.4 Å². The Labute approximate surface area is 190 Å². The van der Waals surface area contributed by atoms with E-state index in [0.717, 1.165) is 11.8 Å². The van der Waals surface area contributed by atoms with Crippen LogP contribution in [-0.4, -0.2) is 32.4 Å². The molecular formula is C22H26N6O3S. The van der Waals surface area contributed by atoms with Crippen molar-refractivity contribution in [1.82, 2.24) is 25.7 Å². The van der Waals surface area contributed by atoms with Crippen molar-refractivity contribution in [2.24, 2.45) is 0 Å². The Morgan fingerprint density at radius 2 is 1.72 bits per heavy atom. The smallest absolute Gasteiger partial charge is 0.269 e. The van der Waals surface area contributed by atoms with Gasteiger partial charge < -0.3 is 10.6 Å². The van der Waals surface area contributed by atoms with Crippen LogP contribution in [0.4, 0.5) is 0 Å². The van der Waals surface area contributed by atoms with Crippen molar-refractivity contribution in [3.63, 3.8) is 0 Å². The highest BCUT2D eigenvalue weighted by Gasteiger charge is 2.15. The average Bonchev–Trinajstić information content (AvgIpc) is 3.14. The van der Waals surface area contributed by atoms with E-state index in [2.05, 4.69) is 41.8 Å². The van der Waals surface area contributed by atoms with Crippen molar-refractivity contribution in [3.8, 4) is 5.75 Å². The molecule has 0 saturated heterocycles. The Morgan fingerprint density at radius 1 is 1.03 bits per heavy atom. The lowest BCUT2D eigenvalue weighted by atomic mass is 9.87. The Balaban J connectivity index is 1.46. The number of carbonyl (C=O) groups excluding carboxylic acids is 2. The van der Waals surface area contributed by atoms with Crippen molar-refractivity contribution in [2.45, 2.75) is 37.9 Å². The van der Waals surface area contributed by atoms with Gasteiger partial charge in [-0.05, 0) is 35.2 Å². The second-order valence-electron chi connectivity index (χ2n) is 7.99. The van der Waals surface area contributed by atoms with E-state index in [0.29, 0.717) is 22.3 Å². The molecule has 0 saturated carbocycles. The van der Waals surface area contributed by atoms with Gasteiger partial charge in [0.1, 0.15) is 12.4 Å². The number of thioether (sulfide) groups is 1. The van der Waals surface area contributed by atoms with Crippen LogP contribution in [-0.2, 0) is 16.8 Å². The first-order valence-corrected chi connectivity index (χ1v) is 10.9. The molecule has 0 bridgehead atoms. The van der Waals surface area contributed by atoms with E-state index >= 15 is 0 Å². The van der Waals surface area contributed by atoms with E-state index < -0.39 is 11.8 Å². The number of hydrazine groups is 1. The highest BCUT2D eigenvalue weighted by molar-refractivity contribution is 7.99. The summed E-state index contributed by atoms with van der Waals surface area (Å²) in [5.41, 5.74) is 6.44. The number of nitrogens with one attached hydrogen (secondary N) is 2. The molecule has 0 aliphatic rings. The maximum atomic E-state index is 12.0. The van der Waals surface area contributed by atoms with Crippen LogP contribution in [0.15, 0.2) is 59.8 Å². The fourth-order valence-corrected chi connectivity index (χ4v) is 3.33. The summed E-state index contributed by atoms with van der Waals surface area (Å²) >= 11 is 1.10. The zero-order valence-electron chi connectivity index (χ0n) is 18.2.